The maximum absolute atomic E-state index is 14.3. The van der Waals surface area contributed by atoms with Crippen LogP contribution in [0.2, 0.25) is 0 Å². The topological polar surface area (TPSA) is 134 Å². The van der Waals surface area contributed by atoms with Crippen LogP contribution in [0.15, 0.2) is 48.5 Å². The molecule has 3 aromatic rings. The summed E-state index contributed by atoms with van der Waals surface area (Å²) >= 11 is 0. The van der Waals surface area contributed by atoms with Gasteiger partial charge in [0.2, 0.25) is 17.9 Å². The number of carboxylic acids is 1. The van der Waals surface area contributed by atoms with Crippen molar-refractivity contribution >= 4 is 11.9 Å². The summed E-state index contributed by atoms with van der Waals surface area (Å²) in [5.74, 6) is -1.60. The highest BCUT2D eigenvalue weighted by Gasteiger charge is 2.45. The quantitative estimate of drug-likeness (QED) is 0.352. The molecule has 0 saturated heterocycles. The van der Waals surface area contributed by atoms with Crippen LogP contribution >= 0.6 is 0 Å². The van der Waals surface area contributed by atoms with E-state index in [0.29, 0.717) is 11.1 Å². The van der Waals surface area contributed by atoms with Crippen molar-refractivity contribution in [3.8, 4) is 22.9 Å². The van der Waals surface area contributed by atoms with Crippen LogP contribution < -0.4 is 20.9 Å². The van der Waals surface area contributed by atoms with Crippen molar-refractivity contribution in [3.05, 3.63) is 65.2 Å². The van der Waals surface area contributed by atoms with E-state index in [4.69, 9.17) is 26.0 Å². The van der Waals surface area contributed by atoms with E-state index in [1.807, 2.05) is 0 Å². The number of halogens is 3. The Hall–Kier alpha value is -3.86. The van der Waals surface area contributed by atoms with E-state index in [-0.39, 0.29) is 41.4 Å². The predicted octanol–water partition coefficient (Wildman–Crippen LogP) is 4.99. The van der Waals surface area contributed by atoms with Crippen LogP contribution in [0.5, 0.6) is 11.6 Å². The molecule has 1 fully saturated rings. The van der Waals surface area contributed by atoms with E-state index in [1.54, 1.807) is 43.3 Å². The minimum absolute atomic E-state index is 0.116. The van der Waals surface area contributed by atoms with E-state index >= 15 is 0 Å². The van der Waals surface area contributed by atoms with Gasteiger partial charge in [0.25, 0.3) is 0 Å². The van der Waals surface area contributed by atoms with Gasteiger partial charge in [0.05, 0.1) is 11.8 Å². The number of aliphatic carboxylic acids is 1. The molecule has 11 heteroatoms. The lowest BCUT2D eigenvalue weighted by Gasteiger charge is -2.25. The predicted molar refractivity (Wildman–Crippen MR) is 135 cm³/mol. The second kappa shape index (κ2) is 11.3. The molecule has 1 aliphatic rings. The monoisotopic (exact) mass is 530 g/mol. The number of anilines is 1. The van der Waals surface area contributed by atoms with E-state index in [0.717, 1.165) is 31.2 Å². The van der Waals surface area contributed by atoms with Gasteiger partial charge in [-0.15, -0.1) is 0 Å². The smallest absolute Gasteiger partial charge is 0.429 e. The van der Waals surface area contributed by atoms with Gasteiger partial charge in [-0.2, -0.15) is 18.2 Å². The van der Waals surface area contributed by atoms with Crippen molar-refractivity contribution in [2.24, 2.45) is 5.73 Å². The summed E-state index contributed by atoms with van der Waals surface area (Å²) in [4.78, 5) is 19.0. The molecule has 38 heavy (non-hydrogen) atoms. The van der Waals surface area contributed by atoms with Gasteiger partial charge >= 0.3 is 12.1 Å². The van der Waals surface area contributed by atoms with Crippen molar-refractivity contribution in [3.63, 3.8) is 0 Å². The average molecular weight is 531 g/mol. The SMILES string of the molecule is Cc1ccc(C(Oc2cc(-c3ccc(C[C@H](N)C(=O)O)cc3)nc(N)n2)C(F)(F)F)c(OC2CCCC2)c1. The lowest BCUT2D eigenvalue weighted by atomic mass is 10.0. The standard InChI is InChI=1S/C27H29F3N4O4/c1-15-6-11-19(22(12-15)37-18-4-2-3-5-18)24(27(28,29)30)38-23-14-21(33-26(32)34-23)17-9-7-16(8-10-17)13-20(31)25(35)36/h6-12,14,18,20,24H,2-5,13,31H2,1H3,(H,35,36)(H2,32,33,34)/t20-,24?/m0/s1. The Bertz CT molecular complexity index is 1280. The summed E-state index contributed by atoms with van der Waals surface area (Å²) < 4.78 is 54.3. The molecule has 2 aromatic carbocycles. The fourth-order valence-corrected chi connectivity index (χ4v) is 4.38. The van der Waals surface area contributed by atoms with Crippen molar-refractivity contribution in [2.45, 2.75) is 63.5 Å². The highest BCUT2D eigenvalue weighted by Crippen LogP contribution is 2.42. The van der Waals surface area contributed by atoms with Crippen LogP contribution in [0.4, 0.5) is 19.1 Å². The molecule has 1 heterocycles. The molecule has 5 N–H and O–H groups in total. The third-order valence-electron chi connectivity index (χ3n) is 6.33. The molecule has 1 saturated carbocycles. The van der Waals surface area contributed by atoms with Gasteiger partial charge < -0.3 is 26.0 Å². The largest absolute Gasteiger partial charge is 0.490 e. The summed E-state index contributed by atoms with van der Waals surface area (Å²) in [6.07, 6.45) is -3.61. The number of nitrogen functional groups attached to an aromatic ring is 1. The van der Waals surface area contributed by atoms with Crippen LogP contribution in [0, 0.1) is 6.92 Å². The summed E-state index contributed by atoms with van der Waals surface area (Å²) in [6.45, 7) is 1.78. The number of benzene rings is 2. The van der Waals surface area contributed by atoms with Gasteiger partial charge in [-0.25, -0.2) is 4.98 Å². The van der Waals surface area contributed by atoms with E-state index < -0.39 is 24.3 Å². The third kappa shape index (κ3) is 6.71. The van der Waals surface area contributed by atoms with Crippen LogP contribution in [-0.4, -0.2) is 39.4 Å². The van der Waals surface area contributed by atoms with E-state index in [2.05, 4.69) is 9.97 Å². The first-order valence-electron chi connectivity index (χ1n) is 12.2. The third-order valence-corrected chi connectivity index (χ3v) is 6.33. The van der Waals surface area contributed by atoms with Gasteiger partial charge in [-0.1, -0.05) is 36.4 Å². The van der Waals surface area contributed by atoms with Crippen molar-refractivity contribution < 1.29 is 32.5 Å². The Balaban J connectivity index is 1.62. The number of carboxylic acid groups (broad SMARTS) is 1. The first-order valence-corrected chi connectivity index (χ1v) is 12.2. The van der Waals surface area contributed by atoms with Crippen molar-refractivity contribution in [2.75, 3.05) is 5.73 Å². The fourth-order valence-electron chi connectivity index (χ4n) is 4.38. The van der Waals surface area contributed by atoms with Crippen molar-refractivity contribution in [1.82, 2.24) is 9.97 Å². The van der Waals surface area contributed by atoms with Crippen LogP contribution in [0.1, 0.15) is 48.5 Å². The van der Waals surface area contributed by atoms with Gasteiger partial charge in [0.1, 0.15) is 11.8 Å². The number of aromatic nitrogens is 2. The molecule has 2 atom stereocenters. The normalized spacial score (nSPS) is 15.7. The minimum Gasteiger partial charge on any atom is -0.490 e. The van der Waals surface area contributed by atoms with Crippen LogP contribution in [0.25, 0.3) is 11.3 Å². The van der Waals surface area contributed by atoms with Gasteiger partial charge in [0.15, 0.2) is 0 Å². The second-order valence-corrected chi connectivity index (χ2v) is 9.40. The molecule has 8 nitrogen and oxygen atoms in total. The molecule has 202 valence electrons. The fraction of sp³-hybridized carbons (Fsp3) is 0.370. The average Bonchev–Trinajstić information content (AvgIpc) is 3.35. The number of hydrogen-bond acceptors (Lipinski definition) is 7. The van der Waals surface area contributed by atoms with Crippen molar-refractivity contribution in [1.29, 1.82) is 0 Å². The number of nitrogens with zero attached hydrogens (tertiary/aromatic N) is 2. The highest BCUT2D eigenvalue weighted by atomic mass is 19.4. The van der Waals surface area contributed by atoms with E-state index in [9.17, 15) is 18.0 Å². The maximum Gasteiger partial charge on any atom is 0.429 e. The number of nitrogens with two attached hydrogens (primary N) is 2. The molecule has 0 amide bonds. The Morgan fingerprint density at radius 3 is 2.42 bits per heavy atom. The molecule has 1 aromatic heterocycles. The van der Waals surface area contributed by atoms with Crippen LogP contribution in [-0.2, 0) is 11.2 Å². The Labute approximate surface area is 217 Å². The van der Waals surface area contributed by atoms with Gasteiger partial charge in [0, 0.05) is 17.2 Å². The number of rotatable bonds is 9. The first-order chi connectivity index (χ1) is 18.0. The Morgan fingerprint density at radius 2 is 1.79 bits per heavy atom. The maximum atomic E-state index is 14.3. The minimum atomic E-state index is -4.77. The molecule has 1 aliphatic carbocycles. The lowest BCUT2D eigenvalue weighted by Crippen LogP contribution is -2.32. The highest BCUT2D eigenvalue weighted by molar-refractivity contribution is 5.73. The molecular weight excluding hydrogens is 501 g/mol. The lowest BCUT2D eigenvalue weighted by molar-refractivity contribution is -0.199. The molecule has 4 rings (SSSR count). The first kappa shape index (κ1) is 27.2. The molecular formula is C27H29F3N4O4. The number of hydrogen-bond donors (Lipinski definition) is 3. The summed E-state index contributed by atoms with van der Waals surface area (Å²) in [5.41, 5.74) is 13.5. The van der Waals surface area contributed by atoms with Crippen LogP contribution in [0.3, 0.4) is 0 Å². The number of carbonyl (C=O) groups is 1. The van der Waals surface area contributed by atoms with E-state index in [1.165, 1.54) is 12.1 Å². The summed E-state index contributed by atoms with van der Waals surface area (Å²) in [6, 6.07) is 11.4. The molecule has 0 aliphatic heterocycles. The summed E-state index contributed by atoms with van der Waals surface area (Å²) in [7, 11) is 0. The zero-order valence-electron chi connectivity index (χ0n) is 20.7. The molecule has 0 radical (unpaired) electrons. The van der Waals surface area contributed by atoms with Gasteiger partial charge in [-0.05, 0) is 56.2 Å². The molecule has 0 spiro atoms. The van der Waals surface area contributed by atoms with Gasteiger partial charge in [-0.3, -0.25) is 4.79 Å². The number of aryl methyl sites for hydroxylation is 1. The second-order valence-electron chi connectivity index (χ2n) is 9.40. The zero-order valence-corrected chi connectivity index (χ0v) is 20.7. The Morgan fingerprint density at radius 1 is 1.11 bits per heavy atom. The Kier molecular flexibility index (Phi) is 8.05. The molecule has 0 bridgehead atoms. The zero-order chi connectivity index (χ0) is 27.4. The molecule has 1 unspecified atom stereocenters. The number of alkyl halides is 3. The summed E-state index contributed by atoms with van der Waals surface area (Å²) in [5, 5.41) is 8.99. The number of ether oxygens (including phenoxy) is 2.